The summed E-state index contributed by atoms with van der Waals surface area (Å²) in [7, 11) is 0. The molecule has 1 aromatic rings. The van der Waals surface area contributed by atoms with E-state index in [9.17, 15) is 4.39 Å². The van der Waals surface area contributed by atoms with Crippen LogP contribution in [0.4, 0.5) is 10.2 Å². The normalized spacial score (nSPS) is 16.2. The van der Waals surface area contributed by atoms with E-state index in [1.807, 2.05) is 0 Å². The van der Waals surface area contributed by atoms with Crippen molar-refractivity contribution >= 4 is 5.82 Å². The van der Waals surface area contributed by atoms with Crippen molar-refractivity contribution in [3.05, 3.63) is 35.3 Å². The van der Waals surface area contributed by atoms with E-state index >= 15 is 0 Å². The molecular weight excluding hydrogens is 205 g/mol. The first kappa shape index (κ1) is 11.1. The fourth-order valence-corrected chi connectivity index (χ4v) is 2.00. The van der Waals surface area contributed by atoms with Gasteiger partial charge < -0.3 is 10.6 Å². The Bertz CT molecular complexity index is 415. The predicted octanol–water partition coefficient (Wildman–Crippen LogP) is 1.84. The van der Waals surface area contributed by atoms with Gasteiger partial charge in [-0.25, -0.2) is 9.37 Å². The van der Waals surface area contributed by atoms with Crippen molar-refractivity contribution < 1.29 is 4.39 Å². The summed E-state index contributed by atoms with van der Waals surface area (Å²) in [4.78, 5) is 6.30. The van der Waals surface area contributed by atoms with Gasteiger partial charge in [0, 0.05) is 25.2 Å². The summed E-state index contributed by atoms with van der Waals surface area (Å²) in [6, 6.07) is 1.47. The van der Waals surface area contributed by atoms with Crippen molar-refractivity contribution in [1.29, 1.82) is 0 Å². The molecule has 0 spiro atoms. The number of nitrogens with zero attached hydrogens (tertiary/aromatic N) is 2. The van der Waals surface area contributed by atoms with Crippen molar-refractivity contribution in [1.82, 2.24) is 4.98 Å². The van der Waals surface area contributed by atoms with E-state index in [-0.39, 0.29) is 5.82 Å². The average Bonchev–Trinajstić information content (AvgIpc) is 2.28. The average molecular weight is 221 g/mol. The van der Waals surface area contributed by atoms with Crippen LogP contribution in [0.15, 0.2) is 23.9 Å². The summed E-state index contributed by atoms with van der Waals surface area (Å²) in [5.41, 5.74) is 7.71. The number of nitrogens with two attached hydrogens (primary N) is 1. The topological polar surface area (TPSA) is 42.2 Å². The third kappa shape index (κ3) is 2.22. The molecule has 0 aromatic carbocycles. The maximum atomic E-state index is 13.0. The van der Waals surface area contributed by atoms with Crippen molar-refractivity contribution in [2.75, 3.05) is 18.0 Å². The van der Waals surface area contributed by atoms with Gasteiger partial charge >= 0.3 is 0 Å². The van der Waals surface area contributed by atoms with Gasteiger partial charge in [-0.05, 0) is 19.4 Å². The molecule has 0 bridgehead atoms. The van der Waals surface area contributed by atoms with Crippen LogP contribution >= 0.6 is 0 Å². The molecule has 0 aliphatic carbocycles. The summed E-state index contributed by atoms with van der Waals surface area (Å²) in [6.07, 6.45) is 4.49. The molecule has 0 unspecified atom stereocenters. The second kappa shape index (κ2) is 4.61. The van der Waals surface area contributed by atoms with Crippen molar-refractivity contribution in [3.63, 3.8) is 0 Å². The van der Waals surface area contributed by atoms with Gasteiger partial charge in [0.1, 0.15) is 11.6 Å². The number of halogens is 1. The van der Waals surface area contributed by atoms with Gasteiger partial charge in [-0.2, -0.15) is 0 Å². The summed E-state index contributed by atoms with van der Waals surface area (Å²) in [5, 5.41) is 0. The number of rotatable bonds is 2. The molecule has 1 aliphatic heterocycles. The number of pyridine rings is 1. The number of hydrogen-bond acceptors (Lipinski definition) is 3. The molecule has 1 aromatic heterocycles. The van der Waals surface area contributed by atoms with Gasteiger partial charge in [0.25, 0.3) is 0 Å². The zero-order chi connectivity index (χ0) is 11.5. The zero-order valence-corrected chi connectivity index (χ0v) is 9.41. The Hall–Kier alpha value is -1.42. The van der Waals surface area contributed by atoms with Crippen LogP contribution in [0, 0.1) is 5.82 Å². The van der Waals surface area contributed by atoms with Gasteiger partial charge in [0.2, 0.25) is 0 Å². The van der Waals surface area contributed by atoms with E-state index in [1.165, 1.54) is 17.8 Å². The molecule has 2 rings (SSSR count). The lowest BCUT2D eigenvalue weighted by molar-refractivity contribution is 0.616. The molecule has 2 heterocycles. The number of hydrogen-bond donors (Lipinski definition) is 1. The first-order valence-electron chi connectivity index (χ1n) is 5.46. The number of aromatic nitrogens is 1. The van der Waals surface area contributed by atoms with Gasteiger partial charge in [0.15, 0.2) is 0 Å². The third-order valence-corrected chi connectivity index (χ3v) is 2.76. The summed E-state index contributed by atoms with van der Waals surface area (Å²) in [5.74, 6) is 0.491. The SMILES string of the molecule is CC1=CCCN(c2ncc(F)cc2CN)C1. The molecule has 0 saturated carbocycles. The summed E-state index contributed by atoms with van der Waals surface area (Å²) in [6.45, 7) is 4.19. The fraction of sp³-hybridized carbons (Fsp3) is 0.417. The maximum Gasteiger partial charge on any atom is 0.141 e. The highest BCUT2D eigenvalue weighted by Gasteiger charge is 2.15. The Morgan fingerprint density at radius 3 is 3.06 bits per heavy atom. The zero-order valence-electron chi connectivity index (χ0n) is 9.41. The molecule has 4 heteroatoms. The van der Waals surface area contributed by atoms with Crippen LogP contribution in [0.1, 0.15) is 18.9 Å². The Balaban J connectivity index is 2.29. The Kier molecular flexibility index (Phi) is 3.19. The molecule has 1 aliphatic rings. The lowest BCUT2D eigenvalue weighted by atomic mass is 10.1. The quantitative estimate of drug-likeness (QED) is 0.775. The van der Waals surface area contributed by atoms with Crippen molar-refractivity contribution in [3.8, 4) is 0 Å². The second-order valence-corrected chi connectivity index (χ2v) is 4.10. The van der Waals surface area contributed by atoms with Crippen LogP contribution < -0.4 is 10.6 Å². The van der Waals surface area contributed by atoms with Gasteiger partial charge in [-0.15, -0.1) is 0 Å². The van der Waals surface area contributed by atoms with Crippen LogP contribution in [0.2, 0.25) is 0 Å². The van der Waals surface area contributed by atoms with E-state index < -0.39 is 0 Å². The Labute approximate surface area is 94.8 Å². The lowest BCUT2D eigenvalue weighted by Crippen LogP contribution is -2.31. The van der Waals surface area contributed by atoms with Crippen LogP contribution in [-0.2, 0) is 6.54 Å². The van der Waals surface area contributed by atoms with Gasteiger partial charge in [0.05, 0.1) is 6.20 Å². The highest BCUT2D eigenvalue weighted by molar-refractivity contribution is 5.48. The standard InChI is InChI=1S/C12H16FN3/c1-9-3-2-4-16(8-9)12-10(6-14)5-11(13)7-15-12/h3,5,7H,2,4,6,8,14H2,1H3. The molecule has 16 heavy (non-hydrogen) atoms. The molecule has 0 fully saturated rings. The van der Waals surface area contributed by atoms with Crippen LogP contribution in [0.5, 0.6) is 0 Å². The molecule has 0 amide bonds. The van der Waals surface area contributed by atoms with Gasteiger partial charge in [-0.1, -0.05) is 11.6 Å². The largest absolute Gasteiger partial charge is 0.352 e. The second-order valence-electron chi connectivity index (χ2n) is 4.10. The summed E-state index contributed by atoms with van der Waals surface area (Å²) < 4.78 is 13.0. The minimum absolute atomic E-state index is 0.319. The minimum Gasteiger partial charge on any atom is -0.352 e. The molecule has 0 radical (unpaired) electrons. The predicted molar refractivity (Wildman–Crippen MR) is 62.7 cm³/mol. The van der Waals surface area contributed by atoms with E-state index in [0.29, 0.717) is 6.54 Å². The fourth-order valence-electron chi connectivity index (χ4n) is 2.00. The van der Waals surface area contributed by atoms with Crippen molar-refractivity contribution in [2.24, 2.45) is 5.73 Å². The van der Waals surface area contributed by atoms with Crippen LogP contribution in [0.3, 0.4) is 0 Å². The number of anilines is 1. The molecular formula is C12H16FN3. The Morgan fingerprint density at radius 1 is 1.56 bits per heavy atom. The summed E-state index contributed by atoms with van der Waals surface area (Å²) >= 11 is 0. The highest BCUT2D eigenvalue weighted by Crippen LogP contribution is 2.21. The van der Waals surface area contributed by atoms with E-state index in [4.69, 9.17) is 5.73 Å². The molecule has 0 saturated heterocycles. The molecule has 3 nitrogen and oxygen atoms in total. The van der Waals surface area contributed by atoms with Crippen LogP contribution in [-0.4, -0.2) is 18.1 Å². The smallest absolute Gasteiger partial charge is 0.141 e. The highest BCUT2D eigenvalue weighted by atomic mass is 19.1. The molecule has 2 N–H and O–H groups in total. The first-order valence-corrected chi connectivity index (χ1v) is 5.46. The Morgan fingerprint density at radius 2 is 2.38 bits per heavy atom. The van der Waals surface area contributed by atoms with E-state index in [1.54, 1.807) is 0 Å². The monoisotopic (exact) mass is 221 g/mol. The van der Waals surface area contributed by atoms with Crippen LogP contribution in [0.25, 0.3) is 0 Å². The molecule has 86 valence electrons. The van der Waals surface area contributed by atoms with E-state index in [2.05, 4.69) is 22.9 Å². The van der Waals surface area contributed by atoms with Crippen molar-refractivity contribution in [2.45, 2.75) is 19.9 Å². The minimum atomic E-state index is -0.325. The third-order valence-electron chi connectivity index (χ3n) is 2.76. The lowest BCUT2D eigenvalue weighted by Gasteiger charge is -2.28. The van der Waals surface area contributed by atoms with Gasteiger partial charge in [-0.3, -0.25) is 0 Å². The molecule has 0 atom stereocenters. The maximum absolute atomic E-state index is 13.0. The van der Waals surface area contributed by atoms with E-state index in [0.717, 1.165) is 30.9 Å². The first-order chi connectivity index (χ1) is 7.70.